The van der Waals surface area contributed by atoms with E-state index in [1.165, 1.54) is 13.2 Å². The van der Waals surface area contributed by atoms with Gasteiger partial charge in [0, 0.05) is 94.5 Å². The van der Waals surface area contributed by atoms with Crippen LogP contribution in [0.2, 0.25) is 0 Å². The minimum Gasteiger partial charge on any atom is -0.497 e. The fourth-order valence-electron chi connectivity index (χ4n) is 5.48. The van der Waals surface area contributed by atoms with Crippen molar-refractivity contribution in [1.82, 2.24) is 9.97 Å². The van der Waals surface area contributed by atoms with E-state index in [2.05, 4.69) is 45.1 Å². The molecule has 13 nitrogen and oxygen atoms in total. The second-order valence-electron chi connectivity index (χ2n) is 13.0. The van der Waals surface area contributed by atoms with E-state index in [0.29, 0.717) is 63.4 Å². The van der Waals surface area contributed by atoms with Crippen molar-refractivity contribution in [2.24, 2.45) is 0 Å². The third kappa shape index (κ3) is 16.9. The third-order valence-electron chi connectivity index (χ3n) is 8.68. The summed E-state index contributed by atoms with van der Waals surface area (Å²) in [5, 5.41) is 11.0. The number of carbonyl (C=O) groups is 5. The summed E-state index contributed by atoms with van der Waals surface area (Å²) in [6, 6.07) is 33.6. The van der Waals surface area contributed by atoms with Crippen molar-refractivity contribution in [2.45, 2.75) is 26.2 Å². The van der Waals surface area contributed by atoms with Gasteiger partial charge in [-0.1, -0.05) is 35.9 Å². The Hall–Kier alpha value is -5.46. The van der Waals surface area contributed by atoms with Gasteiger partial charge >= 0.3 is 0 Å². The summed E-state index contributed by atoms with van der Waals surface area (Å²) in [6.07, 6.45) is 4.99. The molecule has 6 rings (SSSR count). The molecule has 4 N–H and O–H groups in total. The van der Waals surface area contributed by atoms with E-state index in [1.807, 2.05) is 13.0 Å². The number of aromatic nitrogens is 2. The number of unbranched alkanes of at least 4 members (excludes halogenated alkanes) is 1. The normalized spacial score (nSPS) is 9.62. The number of nitrogens with zero attached hydrogens (tertiary/aromatic N) is 2. The Labute approximate surface area is 426 Å². The Morgan fingerprint density at radius 2 is 1.03 bits per heavy atom. The van der Waals surface area contributed by atoms with Gasteiger partial charge in [-0.15, -0.1) is 6.42 Å². The van der Waals surface area contributed by atoms with Gasteiger partial charge in [0.2, 0.25) is 0 Å². The zero-order valence-electron chi connectivity index (χ0n) is 36.4. The SMILES string of the molecule is [CH2-]CC(=O)c1ccc(C(=O)Nc2ccc(OC)cc2C(=O)Nc2ccccn2)cc1.[CH2-]CCCOc1ccc(C(=O)Nc2ccc(C)cc2C(=O)Nc2ccccn2)cc1.[CH3-].[CH3-].[Y].[Y]. The predicted octanol–water partition coefficient (Wildman–Crippen LogP) is 9.78. The van der Waals surface area contributed by atoms with Crippen molar-refractivity contribution in [1.29, 1.82) is 0 Å². The average molecular weight is 1010 g/mol. The van der Waals surface area contributed by atoms with Gasteiger partial charge in [0.25, 0.3) is 23.6 Å². The Balaban J connectivity index is 0.000000602. The molecule has 0 atom stereocenters. The summed E-state index contributed by atoms with van der Waals surface area (Å²) >= 11 is 0. The van der Waals surface area contributed by atoms with E-state index >= 15 is 0 Å². The number of carbonyl (C=O) groups excluding carboxylic acids is 5. The van der Waals surface area contributed by atoms with Crippen molar-refractivity contribution >= 4 is 52.4 Å². The molecule has 0 saturated carbocycles. The molecule has 328 valence electrons. The second-order valence-corrected chi connectivity index (χ2v) is 13.0. The minimum absolute atomic E-state index is 0. The number of hydrogen-bond donors (Lipinski definition) is 4. The van der Waals surface area contributed by atoms with E-state index in [0.717, 1.165) is 18.4 Å². The summed E-state index contributed by atoms with van der Waals surface area (Å²) in [7, 11) is 1.49. The monoisotopic (exact) mass is 1010 g/mol. The molecule has 4 amide bonds. The van der Waals surface area contributed by atoms with E-state index in [-0.39, 0.29) is 110 Å². The molecule has 0 aliphatic rings. The van der Waals surface area contributed by atoms with Crippen LogP contribution in [-0.2, 0) is 65.4 Å². The maximum absolute atomic E-state index is 12.8. The molecule has 2 aromatic heterocycles. The van der Waals surface area contributed by atoms with Crippen LogP contribution in [0, 0.1) is 35.6 Å². The van der Waals surface area contributed by atoms with E-state index in [1.54, 1.807) is 122 Å². The Morgan fingerprint density at radius 1 is 0.562 bits per heavy atom. The number of methoxy groups -OCH3 is 1. The zero-order chi connectivity index (χ0) is 42.9. The first-order chi connectivity index (χ1) is 29.1. The first kappa shape index (κ1) is 56.6. The molecule has 0 aliphatic heterocycles. The van der Waals surface area contributed by atoms with E-state index in [9.17, 15) is 24.0 Å². The van der Waals surface area contributed by atoms with Gasteiger partial charge in [-0.2, -0.15) is 6.42 Å². The maximum atomic E-state index is 12.8. The summed E-state index contributed by atoms with van der Waals surface area (Å²) < 4.78 is 10.8. The standard InChI is InChI=1S/C24H24N3O3.C23H20N3O4.2CH3.2Y/c1-3-4-15-30-19-11-9-18(10-12-19)23(28)26-21-13-8-17(2)16-20(21)24(29)27-22-7-5-6-14-25-22;1-3-20(27)15-7-9-16(10-8-15)22(28)25-19-12-11-17(30-2)14-18(19)23(29)26-21-6-4-5-13-24-21;;;;/h5-14,16H,1,3-4,15H2,2H3,(H,26,28)(H,25,27,29);4-14H,1,3H2,2H3,(H,25,28)(H,24,26,29);2*1H3;;/q4*-1;;. The number of ether oxygens (including phenoxy) is 2. The second kappa shape index (κ2) is 29.1. The van der Waals surface area contributed by atoms with E-state index in [4.69, 9.17) is 9.47 Å². The molecule has 15 heteroatoms. The molecule has 6 aromatic rings. The van der Waals surface area contributed by atoms with Crippen molar-refractivity contribution in [3.05, 3.63) is 196 Å². The van der Waals surface area contributed by atoms with Crippen molar-refractivity contribution < 1.29 is 98.9 Å². The van der Waals surface area contributed by atoms with Gasteiger partial charge in [0.1, 0.15) is 28.9 Å². The Morgan fingerprint density at radius 3 is 1.50 bits per heavy atom. The summed E-state index contributed by atoms with van der Waals surface area (Å²) in [5.74, 6) is 0.368. The van der Waals surface area contributed by atoms with Crippen LogP contribution in [0.15, 0.2) is 134 Å². The number of Topliss-reactive ketones (excluding diaryl/α,β-unsaturated/α-hetero) is 1. The summed E-state index contributed by atoms with van der Waals surface area (Å²) in [5.41, 5.74) is 3.53. The van der Waals surface area contributed by atoms with Crippen LogP contribution in [0.3, 0.4) is 0 Å². The Bertz CT molecular complexity index is 2420. The Kier molecular flexibility index (Phi) is 25.7. The van der Waals surface area contributed by atoms with Gasteiger partial charge in [0.05, 0.1) is 36.2 Å². The first-order valence-corrected chi connectivity index (χ1v) is 18.9. The molecular formula is C49H50N6O7Y2-4. The fourth-order valence-corrected chi connectivity index (χ4v) is 5.48. The molecule has 0 saturated heterocycles. The predicted molar refractivity (Wildman–Crippen MR) is 245 cm³/mol. The number of rotatable bonds is 15. The number of hydrogen-bond acceptors (Lipinski definition) is 9. The van der Waals surface area contributed by atoms with Crippen LogP contribution >= 0.6 is 0 Å². The van der Waals surface area contributed by atoms with Crippen LogP contribution in [0.5, 0.6) is 11.5 Å². The van der Waals surface area contributed by atoms with Gasteiger partial charge in [-0.25, -0.2) is 9.97 Å². The van der Waals surface area contributed by atoms with Crippen molar-refractivity contribution in [2.75, 3.05) is 35.0 Å². The smallest absolute Gasteiger partial charge is 0.259 e. The molecule has 64 heavy (non-hydrogen) atoms. The van der Waals surface area contributed by atoms with Gasteiger partial charge in [-0.05, 0) is 104 Å². The van der Waals surface area contributed by atoms with Crippen LogP contribution in [0.25, 0.3) is 0 Å². The number of benzene rings is 4. The molecule has 0 aliphatic carbocycles. The molecule has 0 fully saturated rings. The average Bonchev–Trinajstić information content (AvgIpc) is 3.28. The molecule has 0 spiro atoms. The number of ketones is 1. The minimum atomic E-state index is -0.445. The molecule has 2 radical (unpaired) electrons. The van der Waals surface area contributed by atoms with Crippen LogP contribution in [-0.4, -0.2) is 53.1 Å². The topological polar surface area (TPSA) is 178 Å². The maximum Gasteiger partial charge on any atom is 0.259 e. The molecule has 0 unspecified atom stereocenters. The number of anilines is 4. The molecule has 4 aromatic carbocycles. The number of amides is 4. The van der Waals surface area contributed by atoms with Crippen molar-refractivity contribution in [3.8, 4) is 11.5 Å². The fraction of sp³-hybridized carbons (Fsp3) is 0.122. The number of aryl methyl sites for hydroxylation is 1. The molecule has 0 bridgehead atoms. The third-order valence-corrected chi connectivity index (χ3v) is 8.68. The van der Waals surface area contributed by atoms with Crippen LogP contribution in [0.4, 0.5) is 23.0 Å². The van der Waals surface area contributed by atoms with Crippen LogP contribution in [0.1, 0.15) is 76.6 Å². The van der Waals surface area contributed by atoms with Gasteiger partial charge < -0.3 is 59.4 Å². The zero-order valence-corrected chi connectivity index (χ0v) is 42.0. The van der Waals surface area contributed by atoms with Crippen LogP contribution < -0.4 is 30.7 Å². The van der Waals surface area contributed by atoms with Gasteiger partial charge in [-0.3, -0.25) is 24.0 Å². The summed E-state index contributed by atoms with van der Waals surface area (Å²) in [4.78, 5) is 70.8. The number of pyridine rings is 2. The van der Waals surface area contributed by atoms with Crippen molar-refractivity contribution in [3.63, 3.8) is 0 Å². The van der Waals surface area contributed by atoms with Gasteiger partial charge in [0.15, 0.2) is 0 Å². The molecular weight excluding hydrogens is 962 g/mol. The first-order valence-electron chi connectivity index (χ1n) is 18.9. The number of nitrogens with one attached hydrogen (secondary N) is 4. The quantitative estimate of drug-likeness (QED) is 0.0443. The molecule has 2 heterocycles. The van der Waals surface area contributed by atoms with E-state index < -0.39 is 11.8 Å². The summed E-state index contributed by atoms with van der Waals surface area (Å²) in [6.45, 7) is 9.82. The largest absolute Gasteiger partial charge is 0.497 e.